The summed E-state index contributed by atoms with van der Waals surface area (Å²) in [6, 6.07) is 0. The van der Waals surface area contributed by atoms with E-state index in [1.807, 2.05) is 0 Å². The number of phosphoric acid groups is 2. The molecule has 0 aliphatic heterocycles. The Bertz CT molecular complexity index is 135. The van der Waals surface area contributed by atoms with Crippen molar-refractivity contribution in [1.82, 2.24) is 0 Å². The van der Waals surface area contributed by atoms with Crippen LogP contribution >= 0.6 is 15.6 Å². The topological polar surface area (TPSA) is 204 Å². The van der Waals surface area contributed by atoms with Crippen molar-refractivity contribution in [3.05, 3.63) is 0 Å². The zero-order valence-electron chi connectivity index (χ0n) is 6.43. The van der Waals surface area contributed by atoms with Gasteiger partial charge in [-0.05, 0) is 0 Å². The maximum Gasteiger partial charge on any atom is 2.00 e. The van der Waals surface area contributed by atoms with Crippen LogP contribution < -0.4 is 29.4 Å². The monoisotopic (exact) mass is 328 g/mol. The molecule has 0 aromatic rings. The number of hydrogen-bond acceptors (Lipinski definition) is 8. The van der Waals surface area contributed by atoms with Crippen LogP contribution in [0.25, 0.3) is 0 Å². The van der Waals surface area contributed by atoms with Gasteiger partial charge in [0.25, 0.3) is 0 Å². The van der Waals surface area contributed by atoms with Gasteiger partial charge in [-0.1, -0.05) is 0 Å². The van der Waals surface area contributed by atoms with Crippen LogP contribution in [0.4, 0.5) is 0 Å². The maximum absolute atomic E-state index is 8.55. The van der Waals surface area contributed by atoms with Crippen LogP contribution in [0.2, 0.25) is 0 Å². The molecular weight excluding hydrogens is 326 g/mol. The van der Waals surface area contributed by atoms with Crippen molar-refractivity contribution in [3.8, 4) is 0 Å². The van der Waals surface area contributed by atoms with E-state index in [-0.39, 0.29) is 83.3 Å². The van der Waals surface area contributed by atoms with Crippen molar-refractivity contribution in [3.63, 3.8) is 0 Å². The third-order valence-corrected chi connectivity index (χ3v) is 0. The van der Waals surface area contributed by atoms with Crippen LogP contribution in [-0.4, -0.2) is 66.3 Å². The molecule has 2 N–H and O–H groups in total. The van der Waals surface area contributed by atoms with E-state index < -0.39 is 15.6 Å². The van der Waals surface area contributed by atoms with Crippen LogP contribution in [0, 0.1) is 0 Å². The van der Waals surface area contributed by atoms with Crippen molar-refractivity contribution < 1.29 is 61.0 Å². The Balaban J connectivity index is -0.0000000178. The average molecular weight is 328 g/mol. The molecule has 0 atom stereocenters. The van der Waals surface area contributed by atoms with E-state index in [1.54, 1.807) is 0 Å². The summed E-state index contributed by atoms with van der Waals surface area (Å²) in [6.07, 6.45) is 0. The van der Waals surface area contributed by atoms with Gasteiger partial charge >= 0.3 is 77.9 Å². The first-order valence-corrected chi connectivity index (χ1v) is 4.38. The summed E-state index contributed by atoms with van der Waals surface area (Å²) in [7, 11) is -10.8. The summed E-state index contributed by atoms with van der Waals surface area (Å²) in [4.78, 5) is 51.3. The first kappa shape index (κ1) is 36.0. The maximum atomic E-state index is 8.55. The van der Waals surface area contributed by atoms with E-state index in [0.29, 0.717) is 0 Å². The quantitative estimate of drug-likeness (QED) is 0.307. The molecule has 14 heavy (non-hydrogen) atoms. The molecule has 14 heteroatoms. The summed E-state index contributed by atoms with van der Waals surface area (Å²) in [5.74, 6) is 0. The van der Waals surface area contributed by atoms with Crippen molar-refractivity contribution in [1.29, 1.82) is 0 Å². The first-order valence-electron chi connectivity index (χ1n) is 1.46. The van der Waals surface area contributed by atoms with Gasteiger partial charge in [0.15, 0.2) is 0 Å². The van der Waals surface area contributed by atoms with Crippen LogP contribution in [0.1, 0.15) is 0 Å². The summed E-state index contributed by atoms with van der Waals surface area (Å²) >= 11 is 0. The molecule has 0 saturated carbocycles. The largest absolute Gasteiger partial charge is 2.00 e. The van der Waals surface area contributed by atoms with Gasteiger partial charge in [-0.3, -0.25) is 0 Å². The third kappa shape index (κ3) is 373. The van der Waals surface area contributed by atoms with Gasteiger partial charge in [0, 0.05) is 0 Å². The minimum Gasteiger partial charge on any atom is -0.822 e. The van der Waals surface area contributed by atoms with Gasteiger partial charge in [-0.25, -0.2) is 0 Å². The molecule has 0 spiro atoms. The van der Waals surface area contributed by atoms with Crippen LogP contribution in [0.3, 0.4) is 0 Å². The molecule has 0 radical (unpaired) electrons. The van der Waals surface area contributed by atoms with Crippen LogP contribution in [0.5, 0.6) is 0 Å². The van der Waals surface area contributed by atoms with Crippen LogP contribution in [-0.2, 0) is 26.2 Å². The molecule has 9 nitrogen and oxygen atoms in total. The van der Waals surface area contributed by atoms with Gasteiger partial charge in [-0.2, -0.15) is 15.6 Å². The van der Waals surface area contributed by atoms with Crippen molar-refractivity contribution in [2.75, 3.05) is 0 Å². The minimum absolute atomic E-state index is 0. The zero-order chi connectivity index (χ0) is 9.00. The van der Waals surface area contributed by atoms with E-state index in [0.717, 1.165) is 0 Å². The number of hydrogen-bond donors (Lipinski definition) is 0. The SMILES string of the molecule is O.O=P([O-])([O-])[O-].O=P([O-])([O-])[O-].[Ca+2].[Fe+2].[Mg+2]. The molecule has 0 aliphatic rings. The Hall–Kier alpha value is 2.73. The molecule has 0 rings (SSSR count). The molecule has 0 heterocycles. The smallest absolute Gasteiger partial charge is 0.822 e. The molecule has 0 unspecified atom stereocenters. The molecule has 0 aromatic carbocycles. The van der Waals surface area contributed by atoms with E-state index in [2.05, 4.69) is 0 Å². The Labute approximate surface area is 136 Å². The molecule has 0 aliphatic carbocycles. The predicted molar refractivity (Wildman–Crippen MR) is 30.3 cm³/mol. The van der Waals surface area contributed by atoms with E-state index >= 15 is 0 Å². The third-order valence-electron chi connectivity index (χ3n) is 0. The van der Waals surface area contributed by atoms with Gasteiger partial charge < -0.3 is 44.0 Å². The van der Waals surface area contributed by atoms with Crippen molar-refractivity contribution >= 4 is 76.4 Å². The summed E-state index contributed by atoms with van der Waals surface area (Å²) in [6.45, 7) is 0. The Morgan fingerprint density at radius 3 is 0.714 bits per heavy atom. The molecule has 0 saturated heterocycles. The fourth-order valence-corrected chi connectivity index (χ4v) is 0. The van der Waals surface area contributed by atoms with E-state index in [1.165, 1.54) is 0 Å². The Morgan fingerprint density at radius 1 is 0.714 bits per heavy atom. The molecule has 0 bridgehead atoms. The van der Waals surface area contributed by atoms with Crippen molar-refractivity contribution in [2.24, 2.45) is 0 Å². The summed E-state index contributed by atoms with van der Waals surface area (Å²) in [5, 5.41) is 0. The van der Waals surface area contributed by atoms with Crippen LogP contribution in [0.15, 0.2) is 0 Å². The molecule has 0 fully saturated rings. The molecular formula is H2CaFeMgO9P2. The van der Waals surface area contributed by atoms with Gasteiger partial charge in [0.1, 0.15) is 0 Å². The standard InChI is InChI=1S/Ca.Fe.Mg.2H3O4P.H2O/c;;;2*1-5(2,3)4;/h;;;2*(H3,1,2,3,4);1H2/q3*+2;;;/p-6. The molecule has 78 valence electrons. The summed E-state index contributed by atoms with van der Waals surface area (Å²) in [5.41, 5.74) is 0. The minimum atomic E-state index is -5.39. The van der Waals surface area contributed by atoms with Gasteiger partial charge in [0.05, 0.1) is 0 Å². The first-order chi connectivity index (χ1) is 4.00. The second-order valence-electron chi connectivity index (χ2n) is 0.894. The summed E-state index contributed by atoms with van der Waals surface area (Å²) < 4.78 is 17.1. The fraction of sp³-hybridized carbons (Fsp3) is 0. The second-order valence-corrected chi connectivity index (χ2v) is 2.68. The molecule has 0 amide bonds. The van der Waals surface area contributed by atoms with Gasteiger partial charge in [-0.15, -0.1) is 0 Å². The Morgan fingerprint density at radius 2 is 0.714 bits per heavy atom. The van der Waals surface area contributed by atoms with E-state index in [9.17, 15) is 0 Å². The predicted octanol–water partition coefficient (Wildman–Crippen LogP) is -7.24. The van der Waals surface area contributed by atoms with E-state index in [4.69, 9.17) is 38.5 Å². The van der Waals surface area contributed by atoms with Gasteiger partial charge in [0.2, 0.25) is 0 Å². The average Bonchev–Trinajstić information content (AvgIpc) is 1.12. The van der Waals surface area contributed by atoms with Crippen molar-refractivity contribution in [2.45, 2.75) is 0 Å². The Kier molecular flexibility index (Phi) is 40.4. The number of rotatable bonds is 0. The second kappa shape index (κ2) is 15.7. The fourth-order valence-electron chi connectivity index (χ4n) is 0. The zero-order valence-corrected chi connectivity index (χ0v) is 12.9. The normalized spacial score (nSPS) is 8.43. The molecule has 0 aromatic heterocycles.